The smallest absolute Gasteiger partial charge is 0.243 e. The summed E-state index contributed by atoms with van der Waals surface area (Å²) in [6.45, 7) is 0.476. The fourth-order valence-electron chi connectivity index (χ4n) is 2.58. The summed E-state index contributed by atoms with van der Waals surface area (Å²) in [7, 11) is -2.47. The van der Waals surface area contributed by atoms with E-state index in [9.17, 15) is 12.8 Å². The van der Waals surface area contributed by atoms with Gasteiger partial charge < -0.3 is 9.47 Å². The molecule has 0 N–H and O–H groups in total. The summed E-state index contributed by atoms with van der Waals surface area (Å²) in [6, 6.07) is 7.17. The zero-order chi connectivity index (χ0) is 18.0. The van der Waals surface area contributed by atoms with Gasteiger partial charge in [-0.2, -0.15) is 4.31 Å². The zero-order valence-corrected chi connectivity index (χ0v) is 15.8. The predicted molar refractivity (Wildman–Crippen MR) is 92.7 cm³/mol. The highest BCUT2D eigenvalue weighted by atomic mass is 79.9. The number of benzene rings is 1. The van der Waals surface area contributed by atoms with E-state index in [1.165, 1.54) is 23.5 Å². The number of hydrogen-bond acceptors (Lipinski definition) is 5. The van der Waals surface area contributed by atoms with Crippen molar-refractivity contribution >= 4 is 26.0 Å². The van der Waals surface area contributed by atoms with E-state index in [4.69, 9.17) is 9.47 Å². The van der Waals surface area contributed by atoms with E-state index in [1.807, 2.05) is 0 Å². The summed E-state index contributed by atoms with van der Waals surface area (Å²) in [5.74, 6) is -0.295. The van der Waals surface area contributed by atoms with Crippen LogP contribution in [0.4, 0.5) is 4.39 Å². The van der Waals surface area contributed by atoms with Gasteiger partial charge in [0.05, 0.1) is 23.0 Å². The van der Waals surface area contributed by atoms with E-state index >= 15 is 0 Å². The van der Waals surface area contributed by atoms with Crippen LogP contribution in [0.2, 0.25) is 0 Å². The van der Waals surface area contributed by atoms with Gasteiger partial charge in [0.1, 0.15) is 6.10 Å². The molecule has 0 amide bonds. The number of rotatable bonds is 5. The topological polar surface area (TPSA) is 68.7 Å². The Morgan fingerprint density at radius 1 is 1.36 bits per heavy atom. The molecule has 6 nitrogen and oxygen atoms in total. The normalized spacial score (nSPS) is 18.3. The fourth-order valence-corrected chi connectivity index (χ4v) is 4.43. The van der Waals surface area contributed by atoms with Crippen LogP contribution >= 0.6 is 15.9 Å². The molecule has 1 saturated heterocycles. The Hall–Kier alpha value is -1.71. The van der Waals surface area contributed by atoms with Crippen LogP contribution in [0.25, 0.3) is 0 Å². The lowest BCUT2D eigenvalue weighted by Gasteiger charge is -2.17. The van der Waals surface area contributed by atoms with Gasteiger partial charge in [0.25, 0.3) is 0 Å². The molecule has 1 aromatic heterocycles. The Labute approximate surface area is 153 Å². The summed E-state index contributed by atoms with van der Waals surface area (Å²) in [5, 5.41) is 0. The molecule has 0 radical (unpaired) electrons. The fraction of sp³-hybridized carbons (Fsp3) is 0.312. The molecule has 1 aromatic carbocycles. The molecule has 134 valence electrons. The third-order valence-corrected chi connectivity index (χ3v) is 6.34. The van der Waals surface area contributed by atoms with E-state index in [0.29, 0.717) is 23.3 Å². The SMILES string of the molecule is COc1ccc(S(=O)(=O)N2CCC(Oc3ncccc3Br)C2)cc1F. The second-order valence-corrected chi connectivity index (χ2v) is 8.27. The Kier molecular flexibility index (Phi) is 5.26. The third-order valence-electron chi connectivity index (χ3n) is 3.87. The first kappa shape index (κ1) is 18.1. The van der Waals surface area contributed by atoms with Crippen LogP contribution in [0.5, 0.6) is 11.6 Å². The average Bonchev–Trinajstić information content (AvgIpc) is 3.06. The number of sulfonamides is 1. The molecule has 9 heteroatoms. The molecular formula is C16H16BrFN2O4S. The Morgan fingerprint density at radius 3 is 2.84 bits per heavy atom. The zero-order valence-electron chi connectivity index (χ0n) is 13.4. The van der Waals surface area contributed by atoms with Crippen molar-refractivity contribution < 1.29 is 22.3 Å². The Balaban J connectivity index is 1.74. The van der Waals surface area contributed by atoms with Crippen LogP contribution < -0.4 is 9.47 Å². The minimum Gasteiger partial charge on any atom is -0.494 e. The molecule has 0 spiro atoms. The number of aromatic nitrogens is 1. The molecule has 2 heterocycles. The molecule has 1 fully saturated rings. The molecule has 2 aromatic rings. The van der Waals surface area contributed by atoms with E-state index in [0.717, 1.165) is 6.07 Å². The Bertz CT molecular complexity index is 878. The highest BCUT2D eigenvalue weighted by Crippen LogP contribution is 2.28. The summed E-state index contributed by atoms with van der Waals surface area (Å²) < 4.78 is 51.8. The van der Waals surface area contributed by atoms with Gasteiger partial charge in [-0.3, -0.25) is 0 Å². The highest BCUT2D eigenvalue weighted by molar-refractivity contribution is 9.10. The number of halogens is 2. The van der Waals surface area contributed by atoms with Gasteiger partial charge >= 0.3 is 0 Å². The lowest BCUT2D eigenvalue weighted by molar-refractivity contribution is 0.205. The van der Waals surface area contributed by atoms with Gasteiger partial charge in [0.15, 0.2) is 11.6 Å². The minimum atomic E-state index is -3.80. The number of pyridine rings is 1. The van der Waals surface area contributed by atoms with E-state index < -0.39 is 15.8 Å². The molecule has 0 saturated carbocycles. The lowest BCUT2D eigenvalue weighted by atomic mass is 10.3. The van der Waals surface area contributed by atoms with E-state index in [-0.39, 0.29) is 23.3 Å². The molecule has 1 unspecified atom stereocenters. The highest BCUT2D eigenvalue weighted by Gasteiger charge is 2.34. The first-order valence-corrected chi connectivity index (χ1v) is 9.76. The van der Waals surface area contributed by atoms with Crippen LogP contribution in [-0.2, 0) is 10.0 Å². The first-order chi connectivity index (χ1) is 11.9. The van der Waals surface area contributed by atoms with Crippen molar-refractivity contribution in [2.75, 3.05) is 20.2 Å². The summed E-state index contributed by atoms with van der Waals surface area (Å²) in [5.41, 5.74) is 0. The summed E-state index contributed by atoms with van der Waals surface area (Å²) >= 11 is 3.34. The molecule has 1 aliphatic rings. The van der Waals surface area contributed by atoms with Gasteiger partial charge in [-0.1, -0.05) is 0 Å². The Morgan fingerprint density at radius 2 is 2.16 bits per heavy atom. The van der Waals surface area contributed by atoms with Gasteiger partial charge in [-0.15, -0.1) is 0 Å². The molecule has 0 aliphatic carbocycles. The third kappa shape index (κ3) is 3.78. The largest absolute Gasteiger partial charge is 0.494 e. The molecule has 3 rings (SSSR count). The van der Waals surface area contributed by atoms with Crippen molar-refractivity contribution in [3.63, 3.8) is 0 Å². The predicted octanol–water partition coefficient (Wildman–Crippen LogP) is 2.83. The quantitative estimate of drug-likeness (QED) is 0.729. The maximum atomic E-state index is 13.8. The molecule has 0 bridgehead atoms. The van der Waals surface area contributed by atoms with Gasteiger partial charge in [-0.25, -0.2) is 17.8 Å². The standard InChI is InChI=1S/C16H16BrFN2O4S/c1-23-15-5-4-12(9-14(15)18)25(21,22)20-8-6-11(10-20)24-16-13(17)3-2-7-19-16/h2-5,7,9,11H,6,8,10H2,1H3. The van der Waals surface area contributed by atoms with Crippen molar-refractivity contribution in [1.29, 1.82) is 0 Å². The molecule has 25 heavy (non-hydrogen) atoms. The van der Waals surface area contributed by atoms with Crippen LogP contribution in [-0.4, -0.2) is 44.0 Å². The second-order valence-electron chi connectivity index (χ2n) is 5.48. The number of nitrogens with zero attached hydrogens (tertiary/aromatic N) is 2. The van der Waals surface area contributed by atoms with Crippen LogP contribution in [0.15, 0.2) is 45.9 Å². The number of methoxy groups -OCH3 is 1. The van der Waals surface area contributed by atoms with Crippen molar-refractivity contribution in [3.05, 3.63) is 46.8 Å². The monoisotopic (exact) mass is 430 g/mol. The van der Waals surface area contributed by atoms with Gasteiger partial charge in [0, 0.05) is 12.7 Å². The number of hydrogen-bond donors (Lipinski definition) is 0. The van der Waals surface area contributed by atoms with Crippen molar-refractivity contribution in [2.45, 2.75) is 17.4 Å². The van der Waals surface area contributed by atoms with Crippen LogP contribution in [0.3, 0.4) is 0 Å². The van der Waals surface area contributed by atoms with E-state index in [1.54, 1.807) is 18.3 Å². The summed E-state index contributed by atoms with van der Waals surface area (Å²) in [6.07, 6.45) is 1.81. The average molecular weight is 431 g/mol. The lowest BCUT2D eigenvalue weighted by Crippen LogP contribution is -2.31. The van der Waals surface area contributed by atoms with Crippen molar-refractivity contribution in [2.24, 2.45) is 0 Å². The van der Waals surface area contributed by atoms with Gasteiger partial charge in [0.2, 0.25) is 15.9 Å². The van der Waals surface area contributed by atoms with Crippen molar-refractivity contribution in [3.8, 4) is 11.6 Å². The van der Waals surface area contributed by atoms with E-state index in [2.05, 4.69) is 20.9 Å². The maximum absolute atomic E-state index is 13.8. The minimum absolute atomic E-state index is 0.00147. The molecular weight excluding hydrogens is 415 g/mol. The van der Waals surface area contributed by atoms with Crippen molar-refractivity contribution in [1.82, 2.24) is 9.29 Å². The van der Waals surface area contributed by atoms with Gasteiger partial charge in [-0.05, 0) is 52.7 Å². The molecule has 1 atom stereocenters. The maximum Gasteiger partial charge on any atom is 0.243 e. The summed E-state index contributed by atoms with van der Waals surface area (Å²) in [4.78, 5) is 4.01. The number of ether oxygens (including phenoxy) is 2. The first-order valence-electron chi connectivity index (χ1n) is 7.52. The van der Waals surface area contributed by atoms with Crippen LogP contribution in [0.1, 0.15) is 6.42 Å². The second kappa shape index (κ2) is 7.27. The molecule has 1 aliphatic heterocycles. The van der Waals surface area contributed by atoms with Crippen LogP contribution in [0, 0.1) is 5.82 Å².